The van der Waals surface area contributed by atoms with Gasteiger partial charge in [-0.25, -0.2) is 0 Å². The van der Waals surface area contributed by atoms with Crippen molar-refractivity contribution in [1.82, 2.24) is 15.2 Å². The molecule has 138 valence electrons. The summed E-state index contributed by atoms with van der Waals surface area (Å²) in [5, 5.41) is 11.7. The molecule has 4 rings (SSSR count). The molecule has 6 heteroatoms. The molecule has 6 nitrogen and oxygen atoms in total. The summed E-state index contributed by atoms with van der Waals surface area (Å²) in [7, 11) is 0. The van der Waals surface area contributed by atoms with Gasteiger partial charge in [-0.3, -0.25) is 0 Å². The Morgan fingerprint density at radius 1 is 1.07 bits per heavy atom. The minimum atomic E-state index is 0.157. The van der Waals surface area contributed by atoms with Gasteiger partial charge in [-0.2, -0.15) is 10.1 Å². The molecule has 0 aliphatic carbocycles. The molecule has 1 N–H and O–H groups in total. The number of aryl methyl sites for hydroxylation is 1. The minimum absolute atomic E-state index is 0.157. The zero-order valence-electron chi connectivity index (χ0n) is 15.6. The van der Waals surface area contributed by atoms with Crippen LogP contribution in [0, 0.1) is 0 Å². The fraction of sp³-hybridized carbons (Fsp3) is 0.286. The predicted molar refractivity (Wildman–Crippen MR) is 107 cm³/mol. The molecule has 0 saturated heterocycles. The van der Waals surface area contributed by atoms with Crippen molar-refractivity contribution in [2.75, 3.05) is 16.8 Å². The van der Waals surface area contributed by atoms with Crippen LogP contribution in [0.25, 0.3) is 0 Å². The first-order valence-corrected chi connectivity index (χ1v) is 9.28. The van der Waals surface area contributed by atoms with Gasteiger partial charge in [0.2, 0.25) is 0 Å². The Bertz CT molecular complexity index is 910. The number of fused-ring (bicyclic) bond motifs is 1. The van der Waals surface area contributed by atoms with Crippen molar-refractivity contribution in [2.45, 2.75) is 32.8 Å². The molecule has 0 atom stereocenters. The second kappa shape index (κ2) is 7.61. The van der Waals surface area contributed by atoms with Crippen molar-refractivity contribution in [3.63, 3.8) is 0 Å². The summed E-state index contributed by atoms with van der Waals surface area (Å²) in [4.78, 5) is 6.81. The van der Waals surface area contributed by atoms with Crippen LogP contribution in [-0.2, 0) is 6.42 Å². The molecule has 0 amide bonds. The van der Waals surface area contributed by atoms with Gasteiger partial charge >= 0.3 is 0 Å². The van der Waals surface area contributed by atoms with Crippen LogP contribution in [-0.4, -0.2) is 27.8 Å². The van der Waals surface area contributed by atoms with E-state index in [0.29, 0.717) is 11.8 Å². The van der Waals surface area contributed by atoms with E-state index in [0.717, 1.165) is 36.5 Å². The summed E-state index contributed by atoms with van der Waals surface area (Å²) in [6, 6.07) is 16.2. The summed E-state index contributed by atoms with van der Waals surface area (Å²) >= 11 is 0. The van der Waals surface area contributed by atoms with Crippen LogP contribution in [0.5, 0.6) is 5.75 Å². The predicted octanol–water partition coefficient (Wildman–Crippen LogP) is 4.49. The Kier molecular flexibility index (Phi) is 4.87. The maximum atomic E-state index is 5.68. The van der Waals surface area contributed by atoms with Gasteiger partial charge in [0.15, 0.2) is 5.82 Å². The molecule has 0 spiro atoms. The number of benzene rings is 2. The van der Waals surface area contributed by atoms with E-state index in [2.05, 4.69) is 43.6 Å². The van der Waals surface area contributed by atoms with Crippen LogP contribution in [0.3, 0.4) is 0 Å². The average Bonchev–Trinajstić information content (AvgIpc) is 2.69. The first kappa shape index (κ1) is 17.3. The van der Waals surface area contributed by atoms with E-state index < -0.39 is 0 Å². The fourth-order valence-electron chi connectivity index (χ4n) is 3.25. The lowest BCUT2D eigenvalue weighted by Gasteiger charge is -2.29. The standard InChI is InChI=1S/C21H23N5O/c1-15(2)27-18-11-9-17(10-12-18)23-20-14-22-25-21(24-20)26-13-5-7-16-6-3-4-8-19(16)26/h3-4,6,8-12,14-15H,5,7,13H2,1-2H3,(H,23,24,25). The lowest BCUT2D eigenvalue weighted by Crippen LogP contribution is -2.26. The highest BCUT2D eigenvalue weighted by Crippen LogP contribution is 2.31. The third-order valence-corrected chi connectivity index (χ3v) is 4.40. The van der Waals surface area contributed by atoms with Crippen molar-refractivity contribution in [3.8, 4) is 5.75 Å². The number of nitrogens with zero attached hydrogens (tertiary/aromatic N) is 4. The summed E-state index contributed by atoms with van der Waals surface area (Å²) in [6.07, 6.45) is 3.96. The van der Waals surface area contributed by atoms with Crippen molar-refractivity contribution >= 4 is 23.1 Å². The van der Waals surface area contributed by atoms with Crippen LogP contribution in [0.15, 0.2) is 54.7 Å². The molecule has 0 saturated carbocycles. The summed E-state index contributed by atoms with van der Waals surface area (Å²) in [6.45, 7) is 4.92. The minimum Gasteiger partial charge on any atom is -0.491 e. The van der Waals surface area contributed by atoms with Gasteiger partial charge < -0.3 is 15.0 Å². The smallest absolute Gasteiger partial charge is 0.251 e. The lowest BCUT2D eigenvalue weighted by atomic mass is 10.0. The van der Waals surface area contributed by atoms with Crippen molar-refractivity contribution in [1.29, 1.82) is 0 Å². The molecule has 2 aromatic carbocycles. The largest absolute Gasteiger partial charge is 0.491 e. The van der Waals surface area contributed by atoms with Crippen LogP contribution < -0.4 is 15.0 Å². The van der Waals surface area contributed by atoms with Crippen molar-refractivity contribution < 1.29 is 4.74 Å². The Morgan fingerprint density at radius 3 is 2.70 bits per heavy atom. The molecular formula is C21H23N5O. The fourth-order valence-corrected chi connectivity index (χ4v) is 3.25. The van der Waals surface area contributed by atoms with Crippen LogP contribution in [0.2, 0.25) is 0 Å². The first-order chi connectivity index (χ1) is 13.2. The Hall–Kier alpha value is -3.15. The Morgan fingerprint density at radius 2 is 1.89 bits per heavy atom. The maximum Gasteiger partial charge on any atom is 0.251 e. The summed E-state index contributed by atoms with van der Waals surface area (Å²) < 4.78 is 5.68. The molecule has 1 aliphatic heterocycles. The monoisotopic (exact) mass is 361 g/mol. The van der Waals surface area contributed by atoms with E-state index in [1.54, 1.807) is 6.20 Å². The molecule has 2 heterocycles. The molecule has 0 unspecified atom stereocenters. The van der Waals surface area contributed by atoms with E-state index in [9.17, 15) is 0 Å². The summed E-state index contributed by atoms with van der Waals surface area (Å²) in [5.74, 6) is 2.13. The number of hydrogen-bond donors (Lipinski definition) is 1. The van der Waals surface area contributed by atoms with Gasteiger partial charge in [-0.1, -0.05) is 18.2 Å². The normalized spacial score (nSPS) is 13.4. The number of rotatable bonds is 5. The van der Waals surface area contributed by atoms with Gasteiger partial charge in [-0.15, -0.1) is 5.10 Å². The SMILES string of the molecule is CC(C)Oc1ccc(Nc2cnnc(N3CCCc4ccccc43)n2)cc1. The molecule has 3 aromatic rings. The van der Waals surface area contributed by atoms with Gasteiger partial charge in [0, 0.05) is 17.9 Å². The quantitative estimate of drug-likeness (QED) is 0.722. The van der Waals surface area contributed by atoms with E-state index in [1.165, 1.54) is 5.56 Å². The second-order valence-corrected chi connectivity index (χ2v) is 6.84. The van der Waals surface area contributed by atoms with Gasteiger partial charge in [0.05, 0.1) is 12.3 Å². The number of para-hydroxylation sites is 1. The highest BCUT2D eigenvalue weighted by atomic mass is 16.5. The van der Waals surface area contributed by atoms with E-state index >= 15 is 0 Å². The van der Waals surface area contributed by atoms with E-state index in [-0.39, 0.29) is 6.10 Å². The zero-order valence-corrected chi connectivity index (χ0v) is 15.6. The van der Waals surface area contributed by atoms with Crippen LogP contribution >= 0.6 is 0 Å². The highest BCUT2D eigenvalue weighted by Gasteiger charge is 2.20. The number of hydrogen-bond acceptors (Lipinski definition) is 6. The maximum absolute atomic E-state index is 5.68. The van der Waals surface area contributed by atoms with Gasteiger partial charge in [0.25, 0.3) is 5.95 Å². The highest BCUT2D eigenvalue weighted by molar-refractivity contribution is 5.64. The molecule has 0 fully saturated rings. The van der Waals surface area contributed by atoms with Crippen LogP contribution in [0.1, 0.15) is 25.8 Å². The second-order valence-electron chi connectivity index (χ2n) is 6.84. The molecule has 1 aromatic heterocycles. The van der Waals surface area contributed by atoms with Gasteiger partial charge in [-0.05, 0) is 62.6 Å². The topological polar surface area (TPSA) is 63.2 Å². The number of nitrogens with one attached hydrogen (secondary N) is 1. The zero-order chi connectivity index (χ0) is 18.6. The molecule has 0 radical (unpaired) electrons. The molecule has 0 bridgehead atoms. The van der Waals surface area contributed by atoms with E-state index in [4.69, 9.17) is 4.74 Å². The lowest BCUT2D eigenvalue weighted by molar-refractivity contribution is 0.242. The van der Waals surface area contributed by atoms with Crippen LogP contribution in [0.4, 0.5) is 23.1 Å². The first-order valence-electron chi connectivity index (χ1n) is 9.28. The third kappa shape index (κ3) is 4.00. The number of aromatic nitrogens is 3. The third-order valence-electron chi connectivity index (χ3n) is 4.40. The van der Waals surface area contributed by atoms with Crippen molar-refractivity contribution in [2.24, 2.45) is 0 Å². The number of ether oxygens (including phenoxy) is 1. The van der Waals surface area contributed by atoms with E-state index in [1.807, 2.05) is 44.2 Å². The summed E-state index contributed by atoms with van der Waals surface area (Å²) in [5.41, 5.74) is 3.42. The Balaban J connectivity index is 1.53. The Labute approximate surface area is 159 Å². The molecule has 27 heavy (non-hydrogen) atoms. The number of anilines is 4. The van der Waals surface area contributed by atoms with Gasteiger partial charge in [0.1, 0.15) is 5.75 Å². The molecular weight excluding hydrogens is 338 g/mol. The average molecular weight is 361 g/mol. The van der Waals surface area contributed by atoms with Crippen molar-refractivity contribution in [3.05, 3.63) is 60.3 Å². The molecule has 1 aliphatic rings.